The lowest BCUT2D eigenvalue weighted by Gasteiger charge is -2.15. The Bertz CT molecular complexity index is 254. The lowest BCUT2D eigenvalue weighted by Crippen LogP contribution is -2.22. The van der Waals surface area contributed by atoms with Crippen molar-refractivity contribution in [3.63, 3.8) is 0 Å². The molecule has 0 aliphatic rings. The van der Waals surface area contributed by atoms with Crippen LogP contribution >= 0.6 is 0 Å². The molecular weight excluding hydrogens is 230 g/mol. The third kappa shape index (κ3) is 11.9. The van der Waals surface area contributed by atoms with Gasteiger partial charge in [-0.3, -0.25) is 4.55 Å². The average Bonchev–Trinajstić information content (AvgIpc) is 2.15. The van der Waals surface area contributed by atoms with Crippen LogP contribution in [-0.2, 0) is 10.1 Å². The van der Waals surface area contributed by atoms with Gasteiger partial charge in [0.25, 0.3) is 10.1 Å². The van der Waals surface area contributed by atoms with E-state index in [4.69, 9.17) is 9.66 Å². The molecule has 0 aliphatic carbocycles. The Labute approximate surface area is 98.2 Å². The molecule has 16 heavy (non-hydrogen) atoms. The van der Waals surface area contributed by atoms with Crippen molar-refractivity contribution in [3.05, 3.63) is 0 Å². The smallest absolute Gasteiger partial charge is 0.264 e. The molecular formula is C10H23NO4S. The van der Waals surface area contributed by atoms with Crippen molar-refractivity contribution in [1.29, 1.82) is 0 Å². The molecule has 98 valence electrons. The summed E-state index contributed by atoms with van der Waals surface area (Å²) in [5.41, 5.74) is 0. The van der Waals surface area contributed by atoms with Crippen molar-refractivity contribution in [3.8, 4) is 0 Å². The summed E-state index contributed by atoms with van der Waals surface area (Å²) >= 11 is 0. The van der Waals surface area contributed by atoms with Crippen LogP contribution in [0, 0.1) is 0 Å². The summed E-state index contributed by atoms with van der Waals surface area (Å²) in [5, 5.41) is 8.58. The van der Waals surface area contributed by atoms with Crippen LogP contribution in [0.4, 0.5) is 0 Å². The average molecular weight is 253 g/mol. The van der Waals surface area contributed by atoms with Crippen molar-refractivity contribution >= 4 is 10.1 Å². The number of aliphatic hydroxyl groups excluding tert-OH is 1. The fraction of sp³-hybridized carbons (Fsp3) is 1.00. The minimum Gasteiger partial charge on any atom is -0.396 e. The van der Waals surface area contributed by atoms with Crippen molar-refractivity contribution in [2.45, 2.75) is 32.1 Å². The fourth-order valence-electron chi connectivity index (χ4n) is 1.48. The standard InChI is InChI=1S/C10H23NO4S/c1-11(7-4-2-3-5-9-12)8-6-10-16(13,14)15/h12H,2-10H2,1H3,(H,13,14,15). The molecule has 0 rings (SSSR count). The Balaban J connectivity index is 3.34. The fourth-order valence-corrected chi connectivity index (χ4v) is 1.97. The van der Waals surface area contributed by atoms with E-state index in [-0.39, 0.29) is 12.4 Å². The molecule has 0 amide bonds. The van der Waals surface area contributed by atoms with E-state index in [0.717, 1.165) is 32.2 Å². The van der Waals surface area contributed by atoms with Gasteiger partial charge < -0.3 is 10.0 Å². The molecule has 0 bridgehead atoms. The van der Waals surface area contributed by atoms with Gasteiger partial charge in [-0.25, -0.2) is 0 Å². The lowest BCUT2D eigenvalue weighted by atomic mass is 10.2. The van der Waals surface area contributed by atoms with Crippen LogP contribution in [0.3, 0.4) is 0 Å². The maximum Gasteiger partial charge on any atom is 0.264 e. The summed E-state index contributed by atoms with van der Waals surface area (Å²) in [4.78, 5) is 2.06. The van der Waals surface area contributed by atoms with E-state index in [0.29, 0.717) is 13.0 Å². The molecule has 0 fully saturated rings. The van der Waals surface area contributed by atoms with Gasteiger partial charge in [0.05, 0.1) is 5.75 Å². The SMILES string of the molecule is CN(CCCCCCO)CCCS(=O)(=O)O. The van der Waals surface area contributed by atoms with Gasteiger partial charge in [-0.2, -0.15) is 8.42 Å². The highest BCUT2D eigenvalue weighted by Crippen LogP contribution is 2.01. The summed E-state index contributed by atoms with van der Waals surface area (Å²) in [6.07, 6.45) is 4.50. The molecule has 0 aliphatic heterocycles. The highest BCUT2D eigenvalue weighted by molar-refractivity contribution is 7.85. The van der Waals surface area contributed by atoms with E-state index < -0.39 is 10.1 Å². The predicted octanol–water partition coefficient (Wildman–Crippen LogP) is 0.749. The predicted molar refractivity (Wildman–Crippen MR) is 64.1 cm³/mol. The summed E-state index contributed by atoms with van der Waals surface area (Å²) in [6.45, 7) is 1.86. The first-order chi connectivity index (χ1) is 7.45. The van der Waals surface area contributed by atoms with Crippen molar-refractivity contribution in [1.82, 2.24) is 4.90 Å². The number of nitrogens with zero attached hydrogens (tertiary/aromatic N) is 1. The molecule has 0 aromatic rings. The first-order valence-corrected chi connectivity index (χ1v) is 7.31. The second-order valence-electron chi connectivity index (χ2n) is 4.08. The second kappa shape index (κ2) is 8.92. The van der Waals surface area contributed by atoms with Crippen LogP contribution < -0.4 is 0 Å². The minimum atomic E-state index is -3.81. The quantitative estimate of drug-likeness (QED) is 0.444. The molecule has 0 saturated heterocycles. The summed E-state index contributed by atoms with van der Waals surface area (Å²) in [5.74, 6) is -0.165. The van der Waals surface area contributed by atoms with Gasteiger partial charge in [0.2, 0.25) is 0 Å². The zero-order valence-electron chi connectivity index (χ0n) is 9.93. The highest BCUT2D eigenvalue weighted by atomic mass is 32.2. The molecule has 0 aromatic heterocycles. The van der Waals surface area contributed by atoms with Gasteiger partial charge in [0, 0.05) is 6.61 Å². The number of unbranched alkanes of at least 4 members (excludes halogenated alkanes) is 3. The summed E-state index contributed by atoms with van der Waals surface area (Å²) < 4.78 is 29.5. The van der Waals surface area contributed by atoms with Crippen LogP contribution in [0.1, 0.15) is 32.1 Å². The van der Waals surface area contributed by atoms with E-state index in [1.807, 2.05) is 7.05 Å². The van der Waals surface area contributed by atoms with Crippen molar-refractivity contribution in [2.24, 2.45) is 0 Å². The zero-order valence-corrected chi connectivity index (χ0v) is 10.7. The van der Waals surface area contributed by atoms with Gasteiger partial charge in [-0.1, -0.05) is 12.8 Å². The van der Waals surface area contributed by atoms with E-state index in [9.17, 15) is 8.42 Å². The largest absolute Gasteiger partial charge is 0.396 e. The molecule has 0 aromatic carbocycles. The Kier molecular flexibility index (Phi) is 8.83. The first-order valence-electron chi connectivity index (χ1n) is 5.70. The van der Waals surface area contributed by atoms with E-state index in [1.165, 1.54) is 0 Å². The Morgan fingerprint density at radius 2 is 1.56 bits per heavy atom. The van der Waals surface area contributed by atoms with Crippen LogP contribution in [0.5, 0.6) is 0 Å². The summed E-state index contributed by atoms with van der Waals surface area (Å²) in [6, 6.07) is 0. The van der Waals surface area contributed by atoms with Crippen LogP contribution in [0.15, 0.2) is 0 Å². The molecule has 0 spiro atoms. The van der Waals surface area contributed by atoms with Crippen molar-refractivity contribution in [2.75, 3.05) is 32.5 Å². The third-order valence-corrected chi connectivity index (χ3v) is 3.19. The molecule has 0 unspecified atom stereocenters. The highest BCUT2D eigenvalue weighted by Gasteiger charge is 2.05. The lowest BCUT2D eigenvalue weighted by molar-refractivity contribution is 0.278. The molecule has 0 radical (unpaired) electrons. The van der Waals surface area contributed by atoms with Gasteiger partial charge in [-0.05, 0) is 39.4 Å². The topological polar surface area (TPSA) is 77.8 Å². The first kappa shape index (κ1) is 15.8. The number of hydrogen-bond donors (Lipinski definition) is 2. The third-order valence-electron chi connectivity index (χ3n) is 2.39. The number of rotatable bonds is 10. The molecule has 5 nitrogen and oxygen atoms in total. The summed E-state index contributed by atoms with van der Waals surface area (Å²) in [7, 11) is -1.87. The van der Waals surface area contributed by atoms with Gasteiger partial charge in [0.15, 0.2) is 0 Å². The Morgan fingerprint density at radius 3 is 2.12 bits per heavy atom. The van der Waals surface area contributed by atoms with Crippen LogP contribution in [0.2, 0.25) is 0 Å². The van der Waals surface area contributed by atoms with Gasteiger partial charge >= 0.3 is 0 Å². The Morgan fingerprint density at radius 1 is 1.00 bits per heavy atom. The van der Waals surface area contributed by atoms with E-state index >= 15 is 0 Å². The maximum absolute atomic E-state index is 10.5. The minimum absolute atomic E-state index is 0.165. The van der Waals surface area contributed by atoms with Crippen LogP contribution in [-0.4, -0.2) is 55.5 Å². The monoisotopic (exact) mass is 253 g/mol. The molecule has 0 heterocycles. The maximum atomic E-state index is 10.5. The zero-order chi connectivity index (χ0) is 12.4. The van der Waals surface area contributed by atoms with E-state index in [1.54, 1.807) is 0 Å². The molecule has 2 N–H and O–H groups in total. The normalized spacial score (nSPS) is 12.2. The molecule has 0 saturated carbocycles. The van der Waals surface area contributed by atoms with Gasteiger partial charge in [-0.15, -0.1) is 0 Å². The van der Waals surface area contributed by atoms with Crippen LogP contribution in [0.25, 0.3) is 0 Å². The number of aliphatic hydroxyl groups is 1. The van der Waals surface area contributed by atoms with E-state index in [2.05, 4.69) is 4.90 Å². The molecule has 0 atom stereocenters. The second-order valence-corrected chi connectivity index (χ2v) is 5.65. The van der Waals surface area contributed by atoms with Gasteiger partial charge in [0.1, 0.15) is 0 Å². The number of hydrogen-bond acceptors (Lipinski definition) is 4. The Hall–Kier alpha value is -0.170. The van der Waals surface area contributed by atoms with Crippen molar-refractivity contribution < 1.29 is 18.1 Å². The molecule has 6 heteroatoms.